The highest BCUT2D eigenvalue weighted by Gasteiger charge is 2.07. The van der Waals surface area contributed by atoms with E-state index in [1.54, 1.807) is 6.07 Å². The summed E-state index contributed by atoms with van der Waals surface area (Å²) < 4.78 is 0.911. The zero-order valence-electron chi connectivity index (χ0n) is 8.88. The molecule has 4 heteroatoms. The fourth-order valence-electron chi connectivity index (χ4n) is 1.22. The Morgan fingerprint density at radius 2 is 2.20 bits per heavy atom. The monoisotopic (exact) mass is 270 g/mol. The van der Waals surface area contributed by atoms with Crippen molar-refractivity contribution in [1.29, 1.82) is 0 Å². The number of carbonyl (C=O) groups excluding carboxylic acids is 1. The van der Waals surface area contributed by atoms with E-state index in [0.717, 1.165) is 10.0 Å². The zero-order valence-corrected chi connectivity index (χ0v) is 10.5. The van der Waals surface area contributed by atoms with Gasteiger partial charge in [-0.05, 0) is 37.6 Å². The van der Waals surface area contributed by atoms with Gasteiger partial charge in [0.25, 0.3) is 5.91 Å². The van der Waals surface area contributed by atoms with Crippen molar-refractivity contribution in [3.05, 3.63) is 33.8 Å². The van der Waals surface area contributed by atoms with Gasteiger partial charge in [-0.3, -0.25) is 4.79 Å². The average Bonchev–Trinajstić information content (AvgIpc) is 2.12. The van der Waals surface area contributed by atoms with E-state index in [-0.39, 0.29) is 11.9 Å². The lowest BCUT2D eigenvalue weighted by Crippen LogP contribution is -2.35. The molecule has 1 aromatic carbocycles. The highest BCUT2D eigenvalue weighted by atomic mass is 79.9. The Morgan fingerprint density at radius 1 is 1.53 bits per heavy atom. The Morgan fingerprint density at radius 3 is 2.73 bits per heavy atom. The van der Waals surface area contributed by atoms with Crippen molar-refractivity contribution in [3.63, 3.8) is 0 Å². The fraction of sp³-hybridized carbons (Fsp3) is 0.364. The lowest BCUT2D eigenvalue weighted by atomic mass is 10.1. The molecule has 3 N–H and O–H groups in total. The zero-order chi connectivity index (χ0) is 11.4. The normalized spacial score (nSPS) is 12.3. The van der Waals surface area contributed by atoms with E-state index in [9.17, 15) is 4.79 Å². The van der Waals surface area contributed by atoms with Crippen molar-refractivity contribution >= 4 is 21.8 Å². The van der Waals surface area contributed by atoms with Gasteiger partial charge in [-0.15, -0.1) is 0 Å². The van der Waals surface area contributed by atoms with Crippen LogP contribution in [0.25, 0.3) is 0 Å². The second-order valence-electron chi connectivity index (χ2n) is 3.70. The van der Waals surface area contributed by atoms with Crippen LogP contribution >= 0.6 is 15.9 Å². The van der Waals surface area contributed by atoms with Crippen LogP contribution in [0, 0.1) is 6.92 Å². The predicted molar refractivity (Wildman–Crippen MR) is 64.9 cm³/mol. The van der Waals surface area contributed by atoms with Crippen LogP contribution in [-0.2, 0) is 0 Å². The van der Waals surface area contributed by atoms with E-state index < -0.39 is 0 Å². The molecule has 0 saturated carbocycles. The first-order chi connectivity index (χ1) is 6.99. The smallest absolute Gasteiger partial charge is 0.251 e. The molecule has 1 rings (SSSR count). The van der Waals surface area contributed by atoms with Crippen LogP contribution in [0.15, 0.2) is 22.7 Å². The summed E-state index contributed by atoms with van der Waals surface area (Å²) in [5.41, 5.74) is 7.26. The van der Waals surface area contributed by atoms with Gasteiger partial charge in [0.1, 0.15) is 0 Å². The topological polar surface area (TPSA) is 55.1 Å². The molecule has 1 unspecified atom stereocenters. The van der Waals surface area contributed by atoms with Crippen molar-refractivity contribution in [3.8, 4) is 0 Å². The number of carbonyl (C=O) groups is 1. The SMILES string of the molecule is Cc1cc(Br)cc(C(=O)NCC(C)N)c1. The molecule has 0 radical (unpaired) electrons. The molecule has 82 valence electrons. The highest BCUT2D eigenvalue weighted by molar-refractivity contribution is 9.10. The van der Waals surface area contributed by atoms with E-state index in [0.29, 0.717) is 12.1 Å². The maximum atomic E-state index is 11.7. The van der Waals surface area contributed by atoms with Crippen LogP contribution in [0.3, 0.4) is 0 Å². The third kappa shape index (κ3) is 4.01. The van der Waals surface area contributed by atoms with Crippen LogP contribution in [0.1, 0.15) is 22.8 Å². The standard InChI is InChI=1S/C11H15BrN2O/c1-7-3-9(5-10(12)4-7)11(15)14-6-8(2)13/h3-5,8H,6,13H2,1-2H3,(H,14,15). The minimum Gasteiger partial charge on any atom is -0.350 e. The molecular weight excluding hydrogens is 256 g/mol. The Bertz CT molecular complexity index is 343. The molecule has 0 aliphatic rings. The Hall–Kier alpha value is -0.870. The summed E-state index contributed by atoms with van der Waals surface area (Å²) in [4.78, 5) is 11.7. The van der Waals surface area contributed by atoms with E-state index in [2.05, 4.69) is 21.2 Å². The average molecular weight is 271 g/mol. The maximum absolute atomic E-state index is 11.7. The van der Waals surface area contributed by atoms with Gasteiger partial charge < -0.3 is 11.1 Å². The van der Waals surface area contributed by atoms with Gasteiger partial charge in [0, 0.05) is 22.6 Å². The third-order valence-corrected chi connectivity index (χ3v) is 2.35. The van der Waals surface area contributed by atoms with E-state index >= 15 is 0 Å². The lowest BCUT2D eigenvalue weighted by molar-refractivity contribution is 0.0951. The number of halogens is 1. The number of aryl methyl sites for hydroxylation is 1. The van der Waals surface area contributed by atoms with Crippen molar-refractivity contribution in [1.82, 2.24) is 5.32 Å². The molecule has 15 heavy (non-hydrogen) atoms. The Balaban J connectivity index is 2.73. The number of hydrogen-bond acceptors (Lipinski definition) is 2. The highest BCUT2D eigenvalue weighted by Crippen LogP contribution is 2.15. The number of amides is 1. The number of benzene rings is 1. The first kappa shape index (κ1) is 12.2. The van der Waals surface area contributed by atoms with Gasteiger partial charge in [-0.1, -0.05) is 15.9 Å². The molecule has 0 aliphatic heterocycles. The molecule has 0 fully saturated rings. The van der Waals surface area contributed by atoms with Crippen LogP contribution in [0.2, 0.25) is 0 Å². The summed E-state index contributed by atoms with van der Waals surface area (Å²) in [6.45, 7) is 4.30. The summed E-state index contributed by atoms with van der Waals surface area (Å²) >= 11 is 3.36. The fourth-order valence-corrected chi connectivity index (χ4v) is 1.83. The number of hydrogen-bond donors (Lipinski definition) is 2. The molecule has 0 aliphatic carbocycles. The van der Waals surface area contributed by atoms with Gasteiger partial charge >= 0.3 is 0 Å². The Kier molecular flexibility index (Phi) is 4.29. The molecule has 0 heterocycles. The summed E-state index contributed by atoms with van der Waals surface area (Å²) in [6.07, 6.45) is 0. The minimum absolute atomic E-state index is 0.0257. The molecule has 1 aromatic rings. The van der Waals surface area contributed by atoms with Gasteiger partial charge in [0.2, 0.25) is 0 Å². The van der Waals surface area contributed by atoms with Crippen LogP contribution in [0.5, 0.6) is 0 Å². The molecule has 1 amide bonds. The molecule has 0 aromatic heterocycles. The van der Waals surface area contributed by atoms with Crippen LogP contribution < -0.4 is 11.1 Å². The van der Waals surface area contributed by atoms with Crippen molar-refractivity contribution < 1.29 is 4.79 Å². The first-order valence-electron chi connectivity index (χ1n) is 4.80. The molecule has 3 nitrogen and oxygen atoms in total. The number of nitrogens with one attached hydrogen (secondary N) is 1. The van der Waals surface area contributed by atoms with Gasteiger partial charge in [0.15, 0.2) is 0 Å². The quantitative estimate of drug-likeness (QED) is 0.881. The summed E-state index contributed by atoms with van der Waals surface area (Å²) in [7, 11) is 0. The number of nitrogens with two attached hydrogens (primary N) is 1. The van der Waals surface area contributed by atoms with Crippen molar-refractivity contribution in [2.24, 2.45) is 5.73 Å². The third-order valence-electron chi connectivity index (χ3n) is 1.89. The minimum atomic E-state index is -0.0864. The van der Waals surface area contributed by atoms with E-state index in [1.807, 2.05) is 26.0 Å². The molecular formula is C11H15BrN2O. The molecule has 0 spiro atoms. The maximum Gasteiger partial charge on any atom is 0.251 e. The van der Waals surface area contributed by atoms with Crippen LogP contribution in [0.4, 0.5) is 0 Å². The first-order valence-corrected chi connectivity index (χ1v) is 5.59. The van der Waals surface area contributed by atoms with Gasteiger partial charge in [-0.2, -0.15) is 0 Å². The Labute approximate surface area is 98.2 Å². The second-order valence-corrected chi connectivity index (χ2v) is 4.62. The molecule has 0 bridgehead atoms. The molecule has 1 atom stereocenters. The van der Waals surface area contributed by atoms with E-state index in [4.69, 9.17) is 5.73 Å². The lowest BCUT2D eigenvalue weighted by Gasteiger charge is -2.08. The summed E-state index contributed by atoms with van der Waals surface area (Å²) in [6, 6.07) is 5.58. The largest absolute Gasteiger partial charge is 0.350 e. The van der Waals surface area contributed by atoms with Crippen LogP contribution in [-0.4, -0.2) is 18.5 Å². The van der Waals surface area contributed by atoms with Crippen molar-refractivity contribution in [2.45, 2.75) is 19.9 Å². The van der Waals surface area contributed by atoms with Gasteiger partial charge in [0.05, 0.1) is 0 Å². The predicted octanol–water partition coefficient (Wildman–Crippen LogP) is 1.83. The number of rotatable bonds is 3. The molecule has 0 saturated heterocycles. The summed E-state index contributed by atoms with van der Waals surface area (Å²) in [5, 5.41) is 2.77. The second kappa shape index (κ2) is 5.28. The van der Waals surface area contributed by atoms with Gasteiger partial charge in [-0.25, -0.2) is 0 Å². The van der Waals surface area contributed by atoms with E-state index in [1.165, 1.54) is 0 Å². The van der Waals surface area contributed by atoms with Crippen molar-refractivity contribution in [2.75, 3.05) is 6.54 Å². The summed E-state index contributed by atoms with van der Waals surface area (Å²) in [5.74, 6) is -0.0864.